The minimum atomic E-state index is -1.33. The molecule has 208 valence electrons. The number of aromatic nitrogens is 6. The van der Waals surface area contributed by atoms with Gasteiger partial charge >= 0.3 is 0 Å². The van der Waals surface area contributed by atoms with Crippen LogP contribution in [-0.4, -0.2) is 46.3 Å². The summed E-state index contributed by atoms with van der Waals surface area (Å²) in [6.07, 6.45) is 1.53. The molecule has 0 bridgehead atoms. The average Bonchev–Trinajstić information content (AvgIpc) is 3.51. The summed E-state index contributed by atoms with van der Waals surface area (Å²) in [4.78, 5) is 21.8. The van der Waals surface area contributed by atoms with Crippen LogP contribution in [0.25, 0.3) is 22.4 Å². The van der Waals surface area contributed by atoms with Gasteiger partial charge in [-0.2, -0.15) is 4.98 Å². The van der Waals surface area contributed by atoms with Gasteiger partial charge < -0.3 is 25.3 Å². The van der Waals surface area contributed by atoms with Crippen molar-refractivity contribution < 1.29 is 14.6 Å². The molecule has 0 saturated heterocycles. The largest absolute Gasteiger partial charge is 0.417 e. The fourth-order valence-corrected chi connectivity index (χ4v) is 4.54. The summed E-state index contributed by atoms with van der Waals surface area (Å²) >= 11 is 0. The summed E-state index contributed by atoms with van der Waals surface area (Å²) in [7, 11) is 1.75. The summed E-state index contributed by atoms with van der Waals surface area (Å²) in [6, 6.07) is 14.5. The molecule has 0 aliphatic heterocycles. The van der Waals surface area contributed by atoms with Crippen molar-refractivity contribution in [2.24, 2.45) is 7.05 Å². The van der Waals surface area contributed by atoms with Gasteiger partial charge in [0.2, 0.25) is 11.8 Å². The SMILES string of the molecule is CC(C)n1c2cc(Nc3ncc(-c4nnc(C(C)(C)O)o4)c(N[C@H](CO)c4ccccc4)n3)ccc2c(=O)n1C. The number of benzene rings is 2. The predicted molar refractivity (Wildman–Crippen MR) is 151 cm³/mol. The fraction of sp³-hybridized carbons (Fsp3) is 0.321. The highest BCUT2D eigenvalue weighted by atomic mass is 16.4. The maximum Gasteiger partial charge on any atom is 0.274 e. The Labute approximate surface area is 230 Å². The second kappa shape index (κ2) is 10.5. The van der Waals surface area contributed by atoms with Crippen molar-refractivity contribution in [3.8, 4) is 11.5 Å². The zero-order valence-corrected chi connectivity index (χ0v) is 23.0. The molecule has 0 radical (unpaired) electrons. The van der Waals surface area contributed by atoms with Crippen molar-refractivity contribution in [3.05, 3.63) is 76.5 Å². The maximum atomic E-state index is 12.7. The van der Waals surface area contributed by atoms with E-state index in [9.17, 15) is 15.0 Å². The van der Waals surface area contributed by atoms with E-state index < -0.39 is 11.6 Å². The van der Waals surface area contributed by atoms with Gasteiger partial charge in [0.25, 0.3) is 11.4 Å². The second-order valence-corrected chi connectivity index (χ2v) is 10.3. The molecular formula is C28H32N8O4. The van der Waals surface area contributed by atoms with Crippen molar-refractivity contribution in [2.75, 3.05) is 17.2 Å². The molecule has 12 nitrogen and oxygen atoms in total. The Morgan fingerprint density at radius 3 is 2.50 bits per heavy atom. The number of hydrogen-bond acceptors (Lipinski definition) is 10. The highest BCUT2D eigenvalue weighted by Crippen LogP contribution is 2.31. The van der Waals surface area contributed by atoms with E-state index in [0.717, 1.165) is 11.1 Å². The highest BCUT2D eigenvalue weighted by molar-refractivity contribution is 5.83. The molecule has 0 saturated carbocycles. The monoisotopic (exact) mass is 544 g/mol. The van der Waals surface area contributed by atoms with Crippen molar-refractivity contribution in [1.82, 2.24) is 29.5 Å². The van der Waals surface area contributed by atoms with Gasteiger partial charge in [0, 0.05) is 25.0 Å². The standard InChI is InChI=1S/C28H32N8O4/c1-16(2)36-22-13-18(11-12-19(22)25(38)35(36)5)30-27-29-14-20(24-33-34-26(40-24)28(3,4)39)23(32-27)31-21(15-37)17-9-7-6-8-10-17/h6-14,16,21,37,39H,15H2,1-5H3,(H2,29,30,31,32)/t21-/m1/s1. The van der Waals surface area contributed by atoms with Crippen LogP contribution in [0.5, 0.6) is 0 Å². The topological polar surface area (TPSA) is 156 Å². The minimum absolute atomic E-state index is 0.0461. The molecule has 12 heteroatoms. The maximum absolute atomic E-state index is 12.7. The Hall–Kier alpha value is -4.55. The van der Waals surface area contributed by atoms with Crippen LogP contribution in [0, 0.1) is 0 Å². The molecule has 40 heavy (non-hydrogen) atoms. The highest BCUT2D eigenvalue weighted by Gasteiger charge is 2.26. The Morgan fingerprint density at radius 2 is 1.85 bits per heavy atom. The Morgan fingerprint density at radius 1 is 1.10 bits per heavy atom. The zero-order chi connectivity index (χ0) is 28.6. The fourth-order valence-electron chi connectivity index (χ4n) is 4.54. The molecule has 0 aliphatic carbocycles. The molecule has 3 heterocycles. The zero-order valence-electron chi connectivity index (χ0n) is 23.0. The van der Waals surface area contributed by atoms with Crippen molar-refractivity contribution in [1.29, 1.82) is 0 Å². The van der Waals surface area contributed by atoms with Crippen LogP contribution in [0.4, 0.5) is 17.5 Å². The van der Waals surface area contributed by atoms with Crippen molar-refractivity contribution in [3.63, 3.8) is 0 Å². The van der Waals surface area contributed by atoms with Gasteiger partial charge in [-0.3, -0.25) is 14.2 Å². The minimum Gasteiger partial charge on any atom is -0.417 e. The number of anilines is 3. The first-order chi connectivity index (χ1) is 19.1. The Kier molecular flexibility index (Phi) is 7.13. The van der Waals surface area contributed by atoms with Crippen molar-refractivity contribution >= 4 is 28.4 Å². The third-order valence-electron chi connectivity index (χ3n) is 6.50. The van der Waals surface area contributed by atoms with E-state index in [1.54, 1.807) is 37.7 Å². The van der Waals surface area contributed by atoms with Gasteiger partial charge in [-0.25, -0.2) is 4.98 Å². The molecule has 0 fully saturated rings. The lowest BCUT2D eigenvalue weighted by Gasteiger charge is -2.19. The van der Waals surface area contributed by atoms with E-state index in [4.69, 9.17) is 4.42 Å². The molecule has 5 aromatic rings. The van der Waals surface area contributed by atoms with Gasteiger partial charge in [0.1, 0.15) is 11.4 Å². The van der Waals surface area contributed by atoms with E-state index >= 15 is 0 Å². The average molecular weight is 545 g/mol. The number of nitrogens with one attached hydrogen (secondary N) is 2. The molecular weight excluding hydrogens is 512 g/mol. The van der Waals surface area contributed by atoms with Crippen LogP contribution in [0.2, 0.25) is 0 Å². The summed E-state index contributed by atoms with van der Waals surface area (Å²) < 4.78 is 9.28. The number of aliphatic hydroxyl groups is 2. The quantitative estimate of drug-likeness (QED) is 0.215. The molecule has 5 rings (SSSR count). The van der Waals surface area contributed by atoms with Crippen LogP contribution in [0.3, 0.4) is 0 Å². The van der Waals surface area contributed by atoms with Crippen LogP contribution in [-0.2, 0) is 12.6 Å². The van der Waals surface area contributed by atoms with E-state index in [1.165, 1.54) is 6.20 Å². The van der Waals surface area contributed by atoms with E-state index in [-0.39, 0.29) is 35.9 Å². The second-order valence-electron chi connectivity index (χ2n) is 10.3. The lowest BCUT2D eigenvalue weighted by molar-refractivity contribution is 0.0488. The van der Waals surface area contributed by atoms with E-state index in [0.29, 0.717) is 22.5 Å². The number of nitrogens with zero attached hydrogens (tertiary/aromatic N) is 6. The molecule has 2 aromatic carbocycles. The van der Waals surface area contributed by atoms with E-state index in [2.05, 4.69) is 30.8 Å². The molecule has 3 aromatic heterocycles. The van der Waals surface area contributed by atoms with Crippen LogP contribution in [0.15, 0.2) is 63.9 Å². The predicted octanol–water partition coefficient (Wildman–Crippen LogP) is 3.88. The molecule has 4 N–H and O–H groups in total. The number of fused-ring (bicyclic) bond motifs is 1. The first-order valence-electron chi connectivity index (χ1n) is 12.9. The summed E-state index contributed by atoms with van der Waals surface area (Å²) in [5.74, 6) is 0.769. The normalized spacial score (nSPS) is 12.7. The lowest BCUT2D eigenvalue weighted by Crippen LogP contribution is -2.20. The van der Waals surface area contributed by atoms with Crippen LogP contribution >= 0.6 is 0 Å². The summed E-state index contributed by atoms with van der Waals surface area (Å²) in [5, 5.41) is 35.6. The molecule has 0 spiro atoms. The molecule has 0 amide bonds. The van der Waals surface area contributed by atoms with E-state index in [1.807, 2.05) is 54.9 Å². The first kappa shape index (κ1) is 27.0. The third kappa shape index (κ3) is 5.18. The third-order valence-corrected chi connectivity index (χ3v) is 6.50. The number of aliphatic hydroxyl groups excluding tert-OH is 1. The number of hydrogen-bond donors (Lipinski definition) is 4. The van der Waals surface area contributed by atoms with Gasteiger partial charge in [0.05, 0.1) is 29.1 Å². The molecule has 1 atom stereocenters. The summed E-state index contributed by atoms with van der Waals surface area (Å²) in [5.41, 5.74) is 1.34. The Bertz CT molecular complexity index is 1700. The van der Waals surface area contributed by atoms with Crippen LogP contribution < -0.4 is 16.2 Å². The first-order valence-corrected chi connectivity index (χ1v) is 12.9. The van der Waals surface area contributed by atoms with Gasteiger partial charge in [0.15, 0.2) is 0 Å². The van der Waals surface area contributed by atoms with Gasteiger partial charge in [-0.1, -0.05) is 30.3 Å². The smallest absolute Gasteiger partial charge is 0.274 e. The van der Waals surface area contributed by atoms with Gasteiger partial charge in [-0.15, -0.1) is 10.2 Å². The molecule has 0 aliphatic rings. The lowest BCUT2D eigenvalue weighted by atomic mass is 10.1. The molecule has 0 unspecified atom stereocenters. The summed E-state index contributed by atoms with van der Waals surface area (Å²) in [6.45, 7) is 6.93. The Balaban J connectivity index is 1.55. The number of rotatable bonds is 9. The van der Waals surface area contributed by atoms with Crippen molar-refractivity contribution in [2.45, 2.75) is 45.4 Å². The van der Waals surface area contributed by atoms with Crippen LogP contribution in [0.1, 0.15) is 51.2 Å². The van der Waals surface area contributed by atoms with Gasteiger partial charge in [-0.05, 0) is 51.5 Å².